The van der Waals surface area contributed by atoms with Crippen LogP contribution in [0, 0.1) is 0 Å². The van der Waals surface area contributed by atoms with Crippen molar-refractivity contribution in [3.8, 4) is 0 Å². The molecule has 2 saturated heterocycles. The fourth-order valence-electron chi connectivity index (χ4n) is 2.78. The molecule has 2 aliphatic rings. The minimum Gasteiger partial charge on any atom is -0.302 e. The first kappa shape index (κ1) is 9.47. The van der Waals surface area contributed by atoms with E-state index in [0.29, 0.717) is 0 Å². The van der Waals surface area contributed by atoms with Gasteiger partial charge in [0.05, 0.1) is 0 Å². The predicted molar refractivity (Wildman–Crippen MR) is 55.9 cm³/mol. The standard InChI is InChI=1S/C11H22N2/c1-2-13-9-5-6-11(13)10-12-7-3-4-8-12/h11H,2-10H2,1H3. The zero-order valence-corrected chi connectivity index (χ0v) is 8.84. The molecule has 0 saturated carbocycles. The molecule has 0 aromatic heterocycles. The van der Waals surface area contributed by atoms with Gasteiger partial charge in [0.2, 0.25) is 0 Å². The highest BCUT2D eigenvalue weighted by Crippen LogP contribution is 2.19. The normalized spacial score (nSPS) is 31.6. The highest BCUT2D eigenvalue weighted by atomic mass is 15.2. The highest BCUT2D eigenvalue weighted by molar-refractivity contribution is 4.82. The van der Waals surface area contributed by atoms with E-state index >= 15 is 0 Å². The van der Waals surface area contributed by atoms with Crippen LogP contribution in [-0.2, 0) is 0 Å². The van der Waals surface area contributed by atoms with Gasteiger partial charge in [-0.3, -0.25) is 4.90 Å². The summed E-state index contributed by atoms with van der Waals surface area (Å²) >= 11 is 0. The molecule has 2 heteroatoms. The maximum absolute atomic E-state index is 2.65. The van der Waals surface area contributed by atoms with Gasteiger partial charge in [-0.15, -0.1) is 0 Å². The Morgan fingerprint density at radius 3 is 2.54 bits per heavy atom. The molecule has 0 amide bonds. The smallest absolute Gasteiger partial charge is 0.0223 e. The Bertz CT molecular complexity index is 152. The Hall–Kier alpha value is -0.0800. The summed E-state index contributed by atoms with van der Waals surface area (Å²) in [4.78, 5) is 5.30. The molecule has 0 aromatic rings. The Kier molecular flexibility index (Phi) is 3.23. The van der Waals surface area contributed by atoms with Crippen molar-refractivity contribution in [1.82, 2.24) is 9.80 Å². The van der Waals surface area contributed by atoms with E-state index in [4.69, 9.17) is 0 Å². The molecule has 1 atom stereocenters. The third-order valence-electron chi connectivity index (χ3n) is 3.57. The van der Waals surface area contributed by atoms with E-state index in [1.807, 2.05) is 0 Å². The molecule has 2 heterocycles. The second-order valence-corrected chi connectivity index (χ2v) is 4.43. The van der Waals surface area contributed by atoms with Crippen LogP contribution in [0.3, 0.4) is 0 Å². The quantitative estimate of drug-likeness (QED) is 0.653. The summed E-state index contributed by atoms with van der Waals surface area (Å²) in [7, 11) is 0. The number of hydrogen-bond acceptors (Lipinski definition) is 2. The third kappa shape index (κ3) is 2.23. The molecule has 0 bridgehead atoms. The lowest BCUT2D eigenvalue weighted by molar-refractivity contribution is 0.198. The molecule has 0 radical (unpaired) electrons. The van der Waals surface area contributed by atoms with Crippen LogP contribution < -0.4 is 0 Å². The first-order chi connectivity index (χ1) is 6.40. The minimum atomic E-state index is 0.878. The first-order valence-corrected chi connectivity index (χ1v) is 5.86. The summed E-state index contributed by atoms with van der Waals surface area (Å²) in [5.41, 5.74) is 0. The summed E-state index contributed by atoms with van der Waals surface area (Å²) in [6.07, 6.45) is 5.72. The molecule has 1 unspecified atom stereocenters. The van der Waals surface area contributed by atoms with Gasteiger partial charge in [0, 0.05) is 12.6 Å². The minimum absolute atomic E-state index is 0.878. The van der Waals surface area contributed by atoms with Gasteiger partial charge >= 0.3 is 0 Å². The van der Waals surface area contributed by atoms with Crippen molar-refractivity contribution in [2.75, 3.05) is 32.7 Å². The zero-order valence-electron chi connectivity index (χ0n) is 8.84. The summed E-state index contributed by atoms with van der Waals surface area (Å²) in [6.45, 7) is 8.94. The lowest BCUT2D eigenvalue weighted by Gasteiger charge is -2.27. The van der Waals surface area contributed by atoms with E-state index in [1.54, 1.807) is 0 Å². The molecule has 76 valence electrons. The topological polar surface area (TPSA) is 6.48 Å². The van der Waals surface area contributed by atoms with E-state index in [2.05, 4.69) is 16.7 Å². The van der Waals surface area contributed by atoms with Crippen LogP contribution in [-0.4, -0.2) is 48.6 Å². The van der Waals surface area contributed by atoms with Gasteiger partial charge in [-0.2, -0.15) is 0 Å². The van der Waals surface area contributed by atoms with E-state index < -0.39 is 0 Å². The molecular formula is C11H22N2. The van der Waals surface area contributed by atoms with Crippen LogP contribution in [0.2, 0.25) is 0 Å². The fourth-order valence-corrected chi connectivity index (χ4v) is 2.78. The van der Waals surface area contributed by atoms with Crippen molar-refractivity contribution in [3.63, 3.8) is 0 Å². The van der Waals surface area contributed by atoms with E-state index in [1.165, 1.54) is 58.4 Å². The largest absolute Gasteiger partial charge is 0.302 e. The maximum Gasteiger partial charge on any atom is 0.0223 e. The van der Waals surface area contributed by atoms with Gasteiger partial charge in [0.25, 0.3) is 0 Å². The molecule has 0 spiro atoms. The Labute approximate surface area is 81.9 Å². The molecule has 0 aromatic carbocycles. The van der Waals surface area contributed by atoms with Gasteiger partial charge in [-0.25, -0.2) is 0 Å². The van der Waals surface area contributed by atoms with Crippen LogP contribution in [0.5, 0.6) is 0 Å². The Morgan fingerprint density at radius 1 is 1.08 bits per heavy atom. The maximum atomic E-state index is 2.65. The van der Waals surface area contributed by atoms with Crippen LogP contribution in [0.1, 0.15) is 32.6 Å². The van der Waals surface area contributed by atoms with Gasteiger partial charge in [0.1, 0.15) is 0 Å². The monoisotopic (exact) mass is 182 g/mol. The fraction of sp³-hybridized carbons (Fsp3) is 1.00. The summed E-state index contributed by atoms with van der Waals surface area (Å²) in [6, 6.07) is 0.878. The van der Waals surface area contributed by atoms with Crippen molar-refractivity contribution in [1.29, 1.82) is 0 Å². The summed E-state index contributed by atoms with van der Waals surface area (Å²) in [5.74, 6) is 0. The van der Waals surface area contributed by atoms with Gasteiger partial charge in [-0.05, 0) is 51.9 Å². The van der Waals surface area contributed by atoms with Crippen LogP contribution in [0.25, 0.3) is 0 Å². The molecule has 2 fully saturated rings. The molecule has 13 heavy (non-hydrogen) atoms. The molecular weight excluding hydrogens is 160 g/mol. The second kappa shape index (κ2) is 4.43. The molecule has 0 aliphatic carbocycles. The molecule has 0 N–H and O–H groups in total. The van der Waals surface area contributed by atoms with E-state index in [0.717, 1.165) is 6.04 Å². The lowest BCUT2D eigenvalue weighted by Crippen LogP contribution is -2.39. The van der Waals surface area contributed by atoms with Crippen molar-refractivity contribution >= 4 is 0 Å². The van der Waals surface area contributed by atoms with Gasteiger partial charge in [0.15, 0.2) is 0 Å². The van der Waals surface area contributed by atoms with Gasteiger partial charge < -0.3 is 4.90 Å². The zero-order chi connectivity index (χ0) is 9.10. The van der Waals surface area contributed by atoms with Crippen molar-refractivity contribution in [3.05, 3.63) is 0 Å². The average molecular weight is 182 g/mol. The van der Waals surface area contributed by atoms with E-state index in [9.17, 15) is 0 Å². The van der Waals surface area contributed by atoms with E-state index in [-0.39, 0.29) is 0 Å². The van der Waals surface area contributed by atoms with Crippen molar-refractivity contribution in [2.24, 2.45) is 0 Å². The number of hydrogen-bond donors (Lipinski definition) is 0. The highest BCUT2D eigenvalue weighted by Gasteiger charge is 2.25. The number of likely N-dealkylation sites (N-methyl/N-ethyl adjacent to an activating group) is 1. The summed E-state index contributed by atoms with van der Waals surface area (Å²) < 4.78 is 0. The number of rotatable bonds is 3. The van der Waals surface area contributed by atoms with Crippen LogP contribution in [0.4, 0.5) is 0 Å². The Morgan fingerprint density at radius 2 is 1.85 bits per heavy atom. The second-order valence-electron chi connectivity index (χ2n) is 4.43. The molecule has 2 nitrogen and oxygen atoms in total. The first-order valence-electron chi connectivity index (χ1n) is 5.86. The third-order valence-corrected chi connectivity index (χ3v) is 3.57. The number of nitrogens with zero attached hydrogens (tertiary/aromatic N) is 2. The SMILES string of the molecule is CCN1CCCC1CN1CCCC1. The molecule has 2 aliphatic heterocycles. The van der Waals surface area contributed by atoms with Crippen LogP contribution >= 0.6 is 0 Å². The molecule has 2 rings (SSSR count). The average Bonchev–Trinajstić information content (AvgIpc) is 2.76. The van der Waals surface area contributed by atoms with Crippen LogP contribution in [0.15, 0.2) is 0 Å². The Balaban J connectivity index is 1.79. The van der Waals surface area contributed by atoms with Crippen molar-refractivity contribution < 1.29 is 0 Å². The number of likely N-dealkylation sites (tertiary alicyclic amines) is 2. The lowest BCUT2D eigenvalue weighted by atomic mass is 10.2. The predicted octanol–water partition coefficient (Wildman–Crippen LogP) is 1.57. The van der Waals surface area contributed by atoms with Gasteiger partial charge in [-0.1, -0.05) is 6.92 Å². The summed E-state index contributed by atoms with van der Waals surface area (Å²) in [5, 5.41) is 0. The van der Waals surface area contributed by atoms with Crippen molar-refractivity contribution in [2.45, 2.75) is 38.6 Å².